The van der Waals surface area contributed by atoms with Gasteiger partial charge in [-0.05, 0) is 6.04 Å². The normalized spacial score (nSPS) is 10.0. The fourth-order valence-electron chi connectivity index (χ4n) is 0.955. The predicted molar refractivity (Wildman–Crippen MR) is 78.8 cm³/mol. The van der Waals surface area contributed by atoms with Crippen LogP contribution in [0.1, 0.15) is 36.6 Å². The number of allylic oxidation sites excluding steroid dienone is 1. The summed E-state index contributed by atoms with van der Waals surface area (Å²) < 4.78 is 0. The minimum absolute atomic E-state index is 0. The van der Waals surface area contributed by atoms with E-state index in [1.165, 1.54) is 12.1 Å². The van der Waals surface area contributed by atoms with Gasteiger partial charge in [0.15, 0.2) is 0 Å². The van der Waals surface area contributed by atoms with E-state index in [1.807, 2.05) is 0 Å². The highest BCUT2D eigenvalue weighted by Gasteiger charge is 1.98. The Morgan fingerprint density at radius 3 is 2.00 bits per heavy atom. The molecular weight excluding hydrogens is 188 g/mol. The van der Waals surface area contributed by atoms with Gasteiger partial charge in [-0.2, -0.15) is 0 Å². The van der Waals surface area contributed by atoms with Gasteiger partial charge in [0.2, 0.25) is 0 Å². The minimum atomic E-state index is -0.276. The molecule has 0 aliphatic rings. The topological polar surface area (TPSA) is 0 Å². The number of hydrogen-bond donors (Lipinski definition) is 0. The second kappa shape index (κ2) is 22.7. The van der Waals surface area contributed by atoms with Crippen LogP contribution in [0.25, 0.3) is 0 Å². The smallest absolute Gasteiger partial charge is 0.0344 e. The van der Waals surface area contributed by atoms with Gasteiger partial charge in [-0.15, -0.1) is 6.58 Å². The standard InChI is InChI=1S/C7H18Si2.4CH4/c1-4-6-9(3)7-8-5-2;;;;/h4,9H,1,5-8H2,2-3H3;4*1H4. The van der Waals surface area contributed by atoms with Crippen LogP contribution in [-0.4, -0.2) is 18.3 Å². The Balaban J connectivity index is -0.0000000533. The fraction of sp³-hybridized carbons (Fsp3) is 0.818. The van der Waals surface area contributed by atoms with Crippen LogP contribution in [0.2, 0.25) is 24.3 Å². The van der Waals surface area contributed by atoms with Crippen LogP contribution >= 0.6 is 0 Å². The average molecular weight is 223 g/mol. The quantitative estimate of drug-likeness (QED) is 0.484. The van der Waals surface area contributed by atoms with E-state index >= 15 is 0 Å². The molecule has 0 spiro atoms. The third-order valence-electron chi connectivity index (χ3n) is 1.62. The maximum Gasteiger partial charge on any atom is 0.0344 e. The zero-order chi connectivity index (χ0) is 7.11. The Morgan fingerprint density at radius 2 is 1.69 bits per heavy atom. The molecule has 0 aromatic heterocycles. The first kappa shape index (κ1) is 29.2. The summed E-state index contributed by atoms with van der Waals surface area (Å²) in [7, 11) is 0.0918. The van der Waals surface area contributed by atoms with Crippen molar-refractivity contribution in [3.8, 4) is 0 Å². The van der Waals surface area contributed by atoms with Crippen molar-refractivity contribution in [1.82, 2.24) is 0 Å². The van der Waals surface area contributed by atoms with Gasteiger partial charge in [-0.1, -0.05) is 61.0 Å². The fourth-order valence-corrected chi connectivity index (χ4v) is 6.89. The van der Waals surface area contributed by atoms with Gasteiger partial charge in [0.1, 0.15) is 0 Å². The summed E-state index contributed by atoms with van der Waals surface area (Å²) in [6.45, 7) is 8.54. The molecular formula is C11H34Si2. The molecule has 0 amide bonds. The van der Waals surface area contributed by atoms with Crippen molar-refractivity contribution in [1.29, 1.82) is 0 Å². The highest BCUT2D eigenvalue weighted by molar-refractivity contribution is 6.68. The zero-order valence-corrected chi connectivity index (χ0v) is 9.26. The Kier molecular flexibility index (Phi) is 51.1. The van der Waals surface area contributed by atoms with Crippen LogP contribution in [0.5, 0.6) is 0 Å². The lowest BCUT2D eigenvalue weighted by Crippen LogP contribution is -2.08. The van der Waals surface area contributed by atoms with Crippen LogP contribution in [0.4, 0.5) is 0 Å². The molecule has 0 radical (unpaired) electrons. The molecule has 0 bridgehead atoms. The van der Waals surface area contributed by atoms with Crippen molar-refractivity contribution >= 4 is 18.3 Å². The molecule has 0 N–H and O–H groups in total. The van der Waals surface area contributed by atoms with E-state index in [1.54, 1.807) is 5.67 Å². The van der Waals surface area contributed by atoms with Crippen molar-refractivity contribution in [2.75, 3.05) is 0 Å². The summed E-state index contributed by atoms with van der Waals surface area (Å²) in [6.07, 6.45) is 2.10. The number of rotatable bonds is 5. The lowest BCUT2D eigenvalue weighted by molar-refractivity contribution is 1.43. The van der Waals surface area contributed by atoms with Crippen molar-refractivity contribution in [3.63, 3.8) is 0 Å². The van der Waals surface area contributed by atoms with Gasteiger partial charge in [0, 0.05) is 18.3 Å². The first-order valence-corrected chi connectivity index (χ1v) is 8.71. The molecule has 0 aromatic carbocycles. The Labute approximate surface area is 92.3 Å². The molecule has 0 aliphatic heterocycles. The molecule has 13 heavy (non-hydrogen) atoms. The van der Waals surface area contributed by atoms with Gasteiger partial charge in [0.25, 0.3) is 0 Å². The van der Waals surface area contributed by atoms with E-state index in [2.05, 4.69) is 26.1 Å². The van der Waals surface area contributed by atoms with Gasteiger partial charge >= 0.3 is 0 Å². The molecule has 86 valence electrons. The van der Waals surface area contributed by atoms with Gasteiger partial charge in [0.05, 0.1) is 0 Å². The van der Waals surface area contributed by atoms with Gasteiger partial charge in [-0.3, -0.25) is 0 Å². The van der Waals surface area contributed by atoms with Crippen LogP contribution in [0, 0.1) is 0 Å². The lowest BCUT2D eigenvalue weighted by Gasteiger charge is -2.02. The first-order valence-electron chi connectivity index (χ1n) is 3.92. The van der Waals surface area contributed by atoms with E-state index in [4.69, 9.17) is 0 Å². The second-order valence-corrected chi connectivity index (χ2v) is 9.47. The van der Waals surface area contributed by atoms with Crippen molar-refractivity contribution in [2.45, 2.75) is 60.9 Å². The summed E-state index contributed by atoms with van der Waals surface area (Å²) in [5.41, 5.74) is 1.64. The summed E-state index contributed by atoms with van der Waals surface area (Å²) in [4.78, 5) is 0. The predicted octanol–water partition coefficient (Wildman–Crippen LogP) is 4.14. The first-order chi connectivity index (χ1) is 4.31. The SMILES string of the molecule is C.C.C.C.C=CC[SiH](C)C[SiH2]CC. The third-order valence-corrected chi connectivity index (χ3v) is 9.04. The summed E-state index contributed by atoms with van der Waals surface area (Å²) >= 11 is 0. The third kappa shape index (κ3) is 24.5. The van der Waals surface area contributed by atoms with E-state index in [0.717, 1.165) is 0 Å². The molecule has 1 unspecified atom stereocenters. The molecule has 0 nitrogen and oxygen atoms in total. The van der Waals surface area contributed by atoms with Crippen LogP contribution < -0.4 is 0 Å². The van der Waals surface area contributed by atoms with Crippen LogP contribution in [0.15, 0.2) is 12.7 Å². The minimum Gasteiger partial charge on any atom is -0.103 e. The van der Waals surface area contributed by atoms with Crippen LogP contribution in [0.3, 0.4) is 0 Å². The van der Waals surface area contributed by atoms with Gasteiger partial charge in [-0.25, -0.2) is 0 Å². The molecule has 0 rings (SSSR count). The molecule has 0 heterocycles. The van der Waals surface area contributed by atoms with E-state index < -0.39 is 0 Å². The summed E-state index contributed by atoms with van der Waals surface area (Å²) in [6, 6.07) is 2.85. The monoisotopic (exact) mass is 222 g/mol. The molecule has 0 aliphatic carbocycles. The summed E-state index contributed by atoms with van der Waals surface area (Å²) in [5.74, 6) is 0. The van der Waals surface area contributed by atoms with E-state index in [-0.39, 0.29) is 38.5 Å². The van der Waals surface area contributed by atoms with E-state index in [9.17, 15) is 0 Å². The molecule has 1 atom stereocenters. The maximum absolute atomic E-state index is 3.76. The molecule has 0 fully saturated rings. The Bertz CT molecular complexity index is 72.5. The van der Waals surface area contributed by atoms with Crippen molar-refractivity contribution in [3.05, 3.63) is 12.7 Å². The number of hydrogen-bond acceptors (Lipinski definition) is 0. The molecule has 0 saturated carbocycles. The highest BCUT2D eigenvalue weighted by atomic mass is 28.3. The second-order valence-electron chi connectivity index (χ2n) is 2.77. The average Bonchev–Trinajstić information content (AvgIpc) is 1.85. The van der Waals surface area contributed by atoms with Gasteiger partial charge < -0.3 is 0 Å². The Morgan fingerprint density at radius 1 is 1.23 bits per heavy atom. The molecule has 0 aromatic rings. The van der Waals surface area contributed by atoms with Crippen LogP contribution in [-0.2, 0) is 0 Å². The Hall–Kier alpha value is 0.174. The highest BCUT2D eigenvalue weighted by Crippen LogP contribution is 1.98. The molecule has 0 saturated heterocycles. The summed E-state index contributed by atoms with van der Waals surface area (Å²) in [5, 5.41) is 0. The molecule has 2 heteroatoms. The zero-order valence-electron chi connectivity index (χ0n) is 6.69. The van der Waals surface area contributed by atoms with Crippen molar-refractivity contribution in [2.24, 2.45) is 0 Å². The largest absolute Gasteiger partial charge is 0.103 e. The van der Waals surface area contributed by atoms with E-state index in [0.29, 0.717) is 9.52 Å². The van der Waals surface area contributed by atoms with Crippen molar-refractivity contribution < 1.29 is 0 Å². The maximum atomic E-state index is 3.76. The lowest BCUT2D eigenvalue weighted by atomic mass is 10.8.